The van der Waals surface area contributed by atoms with Crippen molar-refractivity contribution >= 4 is 5.91 Å². The summed E-state index contributed by atoms with van der Waals surface area (Å²) in [6.07, 6.45) is -4.17. The maximum absolute atomic E-state index is 12.7. The maximum Gasteiger partial charge on any atom is 0.251 e. The molecule has 5 N–H and O–H groups in total. The fourth-order valence-electron chi connectivity index (χ4n) is 3.19. The molecule has 1 amide bonds. The van der Waals surface area contributed by atoms with Crippen LogP contribution in [0.1, 0.15) is 10.4 Å². The quantitative estimate of drug-likeness (QED) is 0.608. The van der Waals surface area contributed by atoms with E-state index in [9.17, 15) is 15.0 Å². The van der Waals surface area contributed by atoms with Gasteiger partial charge in [0.15, 0.2) is 6.29 Å². The van der Waals surface area contributed by atoms with Crippen molar-refractivity contribution in [1.29, 1.82) is 0 Å². The highest BCUT2D eigenvalue weighted by atomic mass is 16.7. The lowest BCUT2D eigenvalue weighted by molar-refractivity contribution is -0.252. The van der Waals surface area contributed by atoms with Crippen LogP contribution in [0.2, 0.25) is 0 Å². The molecule has 0 spiro atoms. The largest absolute Gasteiger partial charge is 0.388 e. The number of benzene rings is 2. The number of carbonyl (C=O) groups excluding carboxylic acids is 1. The van der Waals surface area contributed by atoms with Crippen LogP contribution in [-0.2, 0) is 9.47 Å². The molecule has 0 aromatic heterocycles. The Morgan fingerprint density at radius 3 is 2.48 bits per heavy atom. The van der Waals surface area contributed by atoms with Crippen molar-refractivity contribution in [2.75, 3.05) is 13.7 Å². The minimum atomic E-state index is -1.27. The Bertz CT molecular complexity index is 768. The van der Waals surface area contributed by atoms with E-state index >= 15 is 0 Å². The van der Waals surface area contributed by atoms with E-state index in [1.807, 2.05) is 36.4 Å². The van der Waals surface area contributed by atoms with E-state index in [2.05, 4.69) is 5.32 Å². The van der Waals surface area contributed by atoms with Crippen LogP contribution in [0.15, 0.2) is 54.6 Å². The summed E-state index contributed by atoms with van der Waals surface area (Å²) in [7, 11) is 1.40. The second-order valence-corrected chi connectivity index (χ2v) is 6.44. The number of hydrogen-bond acceptors (Lipinski definition) is 6. The molecule has 0 radical (unpaired) electrons. The van der Waals surface area contributed by atoms with E-state index in [-0.39, 0.29) is 6.54 Å². The zero-order valence-electron chi connectivity index (χ0n) is 15.0. The average Bonchev–Trinajstić information content (AvgIpc) is 2.72. The molecule has 0 bridgehead atoms. The topological polar surface area (TPSA) is 114 Å². The van der Waals surface area contributed by atoms with Crippen molar-refractivity contribution in [2.45, 2.75) is 30.6 Å². The number of nitrogens with one attached hydrogen (secondary N) is 1. The molecule has 1 aliphatic heterocycles. The van der Waals surface area contributed by atoms with Gasteiger partial charge in [-0.05, 0) is 23.3 Å². The SMILES string of the molecule is CO[C@H]1O[C@H](CN)[C@@H](O)[C@H](O)[C@@H]1NC(=O)c1cccc(-c2ccccc2)c1. The normalized spacial score (nSPS) is 27.9. The zero-order valence-corrected chi connectivity index (χ0v) is 15.0. The number of carbonyl (C=O) groups is 1. The second kappa shape index (κ2) is 8.60. The smallest absolute Gasteiger partial charge is 0.251 e. The van der Waals surface area contributed by atoms with E-state index in [0.717, 1.165) is 11.1 Å². The summed E-state index contributed by atoms with van der Waals surface area (Å²) < 4.78 is 10.8. The van der Waals surface area contributed by atoms with Gasteiger partial charge in [-0.3, -0.25) is 4.79 Å². The number of amides is 1. The third kappa shape index (κ3) is 4.18. The van der Waals surface area contributed by atoms with Gasteiger partial charge in [0.1, 0.15) is 24.4 Å². The zero-order chi connectivity index (χ0) is 19.4. The van der Waals surface area contributed by atoms with E-state index in [1.54, 1.807) is 18.2 Å². The molecule has 1 fully saturated rings. The van der Waals surface area contributed by atoms with Crippen molar-refractivity contribution < 1.29 is 24.5 Å². The molecular weight excluding hydrogens is 348 g/mol. The Kier molecular flexibility index (Phi) is 6.20. The third-order valence-electron chi connectivity index (χ3n) is 4.70. The molecule has 0 saturated carbocycles. The molecule has 5 atom stereocenters. The van der Waals surface area contributed by atoms with Crippen LogP contribution in [0.25, 0.3) is 11.1 Å². The van der Waals surface area contributed by atoms with Gasteiger partial charge in [-0.15, -0.1) is 0 Å². The van der Waals surface area contributed by atoms with Crippen molar-refractivity contribution in [3.8, 4) is 11.1 Å². The van der Waals surface area contributed by atoms with Crippen LogP contribution in [0.3, 0.4) is 0 Å². The maximum atomic E-state index is 12.7. The number of aliphatic hydroxyl groups excluding tert-OH is 2. The summed E-state index contributed by atoms with van der Waals surface area (Å²) >= 11 is 0. The average molecular weight is 372 g/mol. The Balaban J connectivity index is 1.78. The van der Waals surface area contributed by atoms with E-state index in [4.69, 9.17) is 15.2 Å². The van der Waals surface area contributed by atoms with E-state index in [0.29, 0.717) is 5.56 Å². The number of rotatable bonds is 5. The molecule has 0 aliphatic carbocycles. The monoisotopic (exact) mass is 372 g/mol. The molecule has 7 nitrogen and oxygen atoms in total. The van der Waals surface area contributed by atoms with Crippen LogP contribution < -0.4 is 11.1 Å². The first-order valence-corrected chi connectivity index (χ1v) is 8.76. The minimum Gasteiger partial charge on any atom is -0.388 e. The van der Waals surface area contributed by atoms with Crippen LogP contribution in [0.4, 0.5) is 0 Å². The van der Waals surface area contributed by atoms with Crippen molar-refractivity contribution in [3.05, 3.63) is 60.2 Å². The lowest BCUT2D eigenvalue weighted by Gasteiger charge is -2.42. The molecule has 144 valence electrons. The molecule has 7 heteroatoms. The number of hydrogen-bond donors (Lipinski definition) is 4. The van der Waals surface area contributed by atoms with Gasteiger partial charge in [0.2, 0.25) is 0 Å². The molecule has 27 heavy (non-hydrogen) atoms. The van der Waals surface area contributed by atoms with Crippen LogP contribution >= 0.6 is 0 Å². The fraction of sp³-hybridized carbons (Fsp3) is 0.350. The van der Waals surface area contributed by atoms with Crippen LogP contribution in [-0.4, -0.2) is 60.4 Å². The predicted molar refractivity (Wildman–Crippen MR) is 99.9 cm³/mol. The number of nitrogens with two attached hydrogens (primary N) is 1. The number of methoxy groups -OCH3 is 1. The summed E-state index contributed by atoms with van der Waals surface area (Å²) in [6.45, 7) is 0.0257. The molecule has 0 unspecified atom stereocenters. The number of aliphatic hydroxyl groups is 2. The first kappa shape index (κ1) is 19.5. The second-order valence-electron chi connectivity index (χ2n) is 6.44. The van der Waals surface area contributed by atoms with Gasteiger partial charge >= 0.3 is 0 Å². The van der Waals surface area contributed by atoms with Crippen molar-refractivity contribution in [3.63, 3.8) is 0 Å². The van der Waals surface area contributed by atoms with Crippen molar-refractivity contribution in [2.24, 2.45) is 5.73 Å². The molecule has 1 aliphatic rings. The number of ether oxygens (including phenoxy) is 2. The molecule has 3 rings (SSSR count). The highest BCUT2D eigenvalue weighted by molar-refractivity contribution is 5.95. The summed E-state index contributed by atoms with van der Waals surface area (Å²) in [6, 6.07) is 15.9. The fourth-order valence-corrected chi connectivity index (χ4v) is 3.19. The molecule has 2 aromatic rings. The molecule has 1 saturated heterocycles. The van der Waals surface area contributed by atoms with Gasteiger partial charge in [0, 0.05) is 19.2 Å². The van der Waals surface area contributed by atoms with Gasteiger partial charge in [-0.2, -0.15) is 0 Å². The van der Waals surface area contributed by atoms with Crippen LogP contribution in [0, 0.1) is 0 Å². The Labute approximate surface area is 157 Å². The van der Waals surface area contributed by atoms with Crippen molar-refractivity contribution in [1.82, 2.24) is 5.32 Å². The summed E-state index contributed by atoms with van der Waals surface area (Å²) in [5.74, 6) is -0.402. The van der Waals surface area contributed by atoms with Gasteiger partial charge in [0.05, 0.1) is 0 Å². The third-order valence-corrected chi connectivity index (χ3v) is 4.70. The summed E-state index contributed by atoms with van der Waals surface area (Å²) in [5, 5.41) is 23.2. The van der Waals surface area contributed by atoms with E-state index < -0.39 is 36.6 Å². The molecule has 2 aromatic carbocycles. The van der Waals surface area contributed by atoms with E-state index in [1.165, 1.54) is 7.11 Å². The molecule has 1 heterocycles. The van der Waals surface area contributed by atoms with Crippen LogP contribution in [0.5, 0.6) is 0 Å². The minimum absolute atomic E-state index is 0.0257. The summed E-state index contributed by atoms with van der Waals surface area (Å²) in [4.78, 5) is 12.7. The standard InChI is InChI=1S/C20H24N2O5/c1-26-20-16(18(24)17(23)15(11-21)27-20)22-19(25)14-9-5-8-13(10-14)12-6-3-2-4-7-12/h2-10,15-18,20,23-24H,11,21H2,1H3,(H,22,25)/t15-,16+,17-,18-,20+/m1/s1. The van der Waals surface area contributed by atoms with Gasteiger partial charge in [0.25, 0.3) is 5.91 Å². The molecular formula is C20H24N2O5. The predicted octanol–water partition coefficient (Wildman–Crippen LogP) is 0.504. The Morgan fingerprint density at radius 1 is 1.11 bits per heavy atom. The first-order chi connectivity index (χ1) is 13.0. The lowest BCUT2D eigenvalue weighted by Crippen LogP contribution is -2.65. The summed E-state index contributed by atoms with van der Waals surface area (Å²) in [5.41, 5.74) is 7.86. The first-order valence-electron chi connectivity index (χ1n) is 8.76. The highest BCUT2D eigenvalue weighted by Crippen LogP contribution is 2.23. The Morgan fingerprint density at radius 2 is 1.81 bits per heavy atom. The van der Waals surface area contributed by atoms with Gasteiger partial charge in [-0.1, -0.05) is 42.5 Å². The highest BCUT2D eigenvalue weighted by Gasteiger charge is 2.45. The van der Waals surface area contributed by atoms with Gasteiger partial charge < -0.3 is 30.7 Å². The van der Waals surface area contributed by atoms with Gasteiger partial charge in [-0.25, -0.2) is 0 Å². The Hall–Kier alpha value is -2.29. The lowest BCUT2D eigenvalue weighted by atomic mass is 9.96.